The zero-order chi connectivity index (χ0) is 9.07. The number of carboxylic acids is 1. The zero-order valence-electron chi connectivity index (χ0n) is 6.46. The van der Waals surface area contributed by atoms with Crippen molar-refractivity contribution in [3.63, 3.8) is 0 Å². The van der Waals surface area contributed by atoms with E-state index < -0.39 is 10.7 Å². The molecule has 0 fully saturated rings. The minimum Gasteiger partial charge on any atom is -0.480 e. The monoisotopic (exact) mass is 190 g/mol. The van der Waals surface area contributed by atoms with Gasteiger partial charge in [0.05, 0.1) is 4.20 Å². The minimum absolute atomic E-state index is 0.511. The Bertz CT molecular complexity index is 197. The Balaban J connectivity index is 4.23. The molecule has 0 aliphatic rings. The van der Waals surface area contributed by atoms with Gasteiger partial charge in [0.1, 0.15) is 4.75 Å². The molecule has 0 aromatic heterocycles. The number of carboxylic acid groups (broad SMARTS) is 1. The molecule has 0 rings (SSSR count). The summed E-state index contributed by atoms with van der Waals surface area (Å²) >= 11 is 5.93. The Morgan fingerprint density at radius 1 is 1.73 bits per heavy atom. The maximum absolute atomic E-state index is 10.6. The molecule has 0 aliphatic heterocycles. The van der Waals surface area contributed by atoms with E-state index in [1.807, 2.05) is 0 Å². The van der Waals surface area contributed by atoms with E-state index in [9.17, 15) is 4.79 Å². The number of thiocarbonyl (C=S) groups is 1. The largest absolute Gasteiger partial charge is 0.480 e. The van der Waals surface area contributed by atoms with Crippen LogP contribution in [0.1, 0.15) is 13.8 Å². The fourth-order valence-electron chi connectivity index (χ4n) is 0.337. The average molecular weight is 190 g/mol. The predicted octanol–water partition coefficient (Wildman–Crippen LogP) is 2.10. The van der Waals surface area contributed by atoms with Gasteiger partial charge in [-0.2, -0.15) is 0 Å². The zero-order valence-corrected chi connectivity index (χ0v) is 8.09. The summed E-state index contributed by atoms with van der Waals surface area (Å²) in [5.74, 6) is -0.869. The van der Waals surface area contributed by atoms with E-state index in [1.165, 1.54) is 6.08 Å². The number of hydrogen-bond donors (Lipinski definition) is 1. The SMILES string of the molecule is C=CC(=S)SC(C)(C)C(=O)O. The van der Waals surface area contributed by atoms with Crippen LogP contribution < -0.4 is 0 Å². The summed E-state index contributed by atoms with van der Waals surface area (Å²) in [7, 11) is 0. The van der Waals surface area contributed by atoms with Crippen molar-refractivity contribution in [3.8, 4) is 0 Å². The number of aliphatic carboxylic acids is 1. The third kappa shape index (κ3) is 3.53. The Morgan fingerprint density at radius 2 is 2.18 bits per heavy atom. The van der Waals surface area contributed by atoms with Gasteiger partial charge >= 0.3 is 5.97 Å². The van der Waals surface area contributed by atoms with Gasteiger partial charge in [0, 0.05) is 0 Å². The van der Waals surface area contributed by atoms with Crippen molar-refractivity contribution in [1.82, 2.24) is 0 Å². The van der Waals surface area contributed by atoms with Gasteiger partial charge in [-0.15, -0.1) is 0 Å². The molecule has 2 nitrogen and oxygen atoms in total. The molecule has 0 atom stereocenters. The fourth-order valence-corrected chi connectivity index (χ4v) is 1.64. The molecule has 62 valence electrons. The third-order valence-electron chi connectivity index (χ3n) is 1.04. The molecule has 0 saturated heterocycles. The first-order valence-electron chi connectivity index (χ1n) is 2.99. The van der Waals surface area contributed by atoms with Gasteiger partial charge in [0.25, 0.3) is 0 Å². The first-order chi connectivity index (χ1) is 4.90. The van der Waals surface area contributed by atoms with Crippen LogP contribution in [0.25, 0.3) is 0 Å². The highest BCUT2D eigenvalue weighted by Gasteiger charge is 2.28. The topological polar surface area (TPSA) is 37.3 Å². The summed E-state index contributed by atoms with van der Waals surface area (Å²) in [5.41, 5.74) is 0. The fraction of sp³-hybridized carbons (Fsp3) is 0.429. The van der Waals surface area contributed by atoms with Crippen LogP contribution in [-0.2, 0) is 4.79 Å². The molecule has 0 heterocycles. The van der Waals surface area contributed by atoms with Crippen molar-refractivity contribution >= 4 is 34.1 Å². The van der Waals surface area contributed by atoms with Gasteiger partial charge in [0.2, 0.25) is 0 Å². The standard InChI is InChI=1S/C7H10O2S2/c1-4-5(10)11-7(2,3)6(8)9/h4H,1H2,2-3H3,(H,8,9). The summed E-state index contributed by atoms with van der Waals surface area (Å²) in [6.07, 6.45) is 1.48. The second kappa shape index (κ2) is 3.88. The average Bonchev–Trinajstić information content (AvgIpc) is 1.86. The smallest absolute Gasteiger partial charge is 0.319 e. The van der Waals surface area contributed by atoms with Crippen molar-refractivity contribution in [3.05, 3.63) is 12.7 Å². The first kappa shape index (κ1) is 10.7. The van der Waals surface area contributed by atoms with Crippen molar-refractivity contribution in [2.45, 2.75) is 18.6 Å². The van der Waals surface area contributed by atoms with Crippen LogP contribution in [0.2, 0.25) is 0 Å². The summed E-state index contributed by atoms with van der Waals surface area (Å²) < 4.78 is -0.344. The van der Waals surface area contributed by atoms with Crippen LogP contribution in [0, 0.1) is 0 Å². The summed E-state index contributed by atoms with van der Waals surface area (Å²) in [4.78, 5) is 10.6. The highest BCUT2D eigenvalue weighted by Crippen LogP contribution is 2.26. The number of rotatable bonds is 3. The maximum Gasteiger partial charge on any atom is 0.319 e. The lowest BCUT2D eigenvalue weighted by atomic mass is 10.2. The van der Waals surface area contributed by atoms with Crippen molar-refractivity contribution in [2.75, 3.05) is 0 Å². The van der Waals surface area contributed by atoms with Gasteiger partial charge in [-0.05, 0) is 19.9 Å². The second-order valence-electron chi connectivity index (χ2n) is 2.44. The molecule has 0 bridgehead atoms. The van der Waals surface area contributed by atoms with Crippen LogP contribution >= 0.6 is 24.0 Å². The van der Waals surface area contributed by atoms with Crippen LogP contribution in [0.5, 0.6) is 0 Å². The van der Waals surface area contributed by atoms with E-state index in [1.54, 1.807) is 13.8 Å². The second-order valence-corrected chi connectivity index (χ2v) is 4.80. The Morgan fingerprint density at radius 3 is 2.45 bits per heavy atom. The lowest BCUT2D eigenvalue weighted by molar-refractivity contribution is -0.138. The predicted molar refractivity (Wildman–Crippen MR) is 52.1 cm³/mol. The summed E-state index contributed by atoms with van der Waals surface area (Å²) in [5, 5.41) is 8.67. The molecular weight excluding hydrogens is 180 g/mol. The van der Waals surface area contributed by atoms with Gasteiger partial charge in [-0.3, -0.25) is 4.79 Å². The van der Waals surface area contributed by atoms with Crippen molar-refractivity contribution in [2.24, 2.45) is 0 Å². The lowest BCUT2D eigenvalue weighted by Crippen LogP contribution is -2.28. The Kier molecular flexibility index (Phi) is 3.75. The molecule has 0 aliphatic carbocycles. The molecule has 0 radical (unpaired) electrons. The van der Waals surface area contributed by atoms with Crippen LogP contribution in [0.3, 0.4) is 0 Å². The number of carbonyl (C=O) groups is 1. The van der Waals surface area contributed by atoms with Crippen LogP contribution in [0.4, 0.5) is 0 Å². The molecular formula is C7H10O2S2. The Labute approximate surface area is 75.7 Å². The lowest BCUT2D eigenvalue weighted by Gasteiger charge is -2.16. The molecule has 1 N–H and O–H groups in total. The molecule has 0 amide bonds. The molecule has 0 aromatic carbocycles. The molecule has 0 unspecified atom stereocenters. The molecule has 0 spiro atoms. The van der Waals surface area contributed by atoms with Crippen molar-refractivity contribution < 1.29 is 9.90 Å². The molecule has 4 heteroatoms. The van der Waals surface area contributed by atoms with Gasteiger partial charge in [-0.25, -0.2) is 0 Å². The summed E-state index contributed by atoms with van der Waals surface area (Å²) in [6.45, 7) is 6.66. The molecule has 11 heavy (non-hydrogen) atoms. The highest BCUT2D eigenvalue weighted by atomic mass is 32.2. The van der Waals surface area contributed by atoms with E-state index in [4.69, 9.17) is 17.3 Å². The van der Waals surface area contributed by atoms with E-state index in [0.29, 0.717) is 4.20 Å². The van der Waals surface area contributed by atoms with E-state index in [-0.39, 0.29) is 0 Å². The summed E-state index contributed by atoms with van der Waals surface area (Å²) in [6, 6.07) is 0. The van der Waals surface area contributed by atoms with Gasteiger partial charge in [-0.1, -0.05) is 30.6 Å². The molecule has 0 saturated carbocycles. The first-order valence-corrected chi connectivity index (χ1v) is 4.21. The number of thioether (sulfide) groups is 1. The number of hydrogen-bond acceptors (Lipinski definition) is 3. The third-order valence-corrected chi connectivity index (χ3v) is 2.51. The van der Waals surface area contributed by atoms with E-state index in [0.717, 1.165) is 11.8 Å². The van der Waals surface area contributed by atoms with Crippen LogP contribution in [0.15, 0.2) is 12.7 Å². The molecule has 0 aromatic rings. The van der Waals surface area contributed by atoms with E-state index >= 15 is 0 Å². The quantitative estimate of drug-likeness (QED) is 0.546. The highest BCUT2D eigenvalue weighted by molar-refractivity contribution is 8.24. The van der Waals surface area contributed by atoms with Crippen molar-refractivity contribution in [1.29, 1.82) is 0 Å². The van der Waals surface area contributed by atoms with E-state index in [2.05, 4.69) is 6.58 Å². The maximum atomic E-state index is 10.6. The van der Waals surface area contributed by atoms with Gasteiger partial charge in [0.15, 0.2) is 0 Å². The Hall–Kier alpha value is -0.350. The minimum atomic E-state index is -0.869. The van der Waals surface area contributed by atoms with Crippen LogP contribution in [-0.4, -0.2) is 20.0 Å². The normalized spacial score (nSPS) is 10.7. The van der Waals surface area contributed by atoms with Gasteiger partial charge < -0.3 is 5.11 Å².